The number of terminal acetylenes is 1. The van der Waals surface area contributed by atoms with E-state index in [0.29, 0.717) is 10.3 Å². The molecule has 0 aliphatic heterocycles. The minimum absolute atomic E-state index is 0.467. The van der Waals surface area contributed by atoms with E-state index in [-0.39, 0.29) is 0 Å². The molecule has 0 bridgehead atoms. The fourth-order valence-electron chi connectivity index (χ4n) is 1.17. The highest BCUT2D eigenvalue weighted by molar-refractivity contribution is 6.83. The highest BCUT2D eigenvalue weighted by atomic mass is 35.5. The van der Waals surface area contributed by atoms with E-state index in [2.05, 4.69) is 47.0 Å². The van der Waals surface area contributed by atoms with Crippen LogP contribution in [0.25, 0.3) is 0 Å². The van der Waals surface area contributed by atoms with E-state index in [4.69, 9.17) is 29.6 Å². The van der Waals surface area contributed by atoms with Crippen LogP contribution in [-0.4, -0.2) is 18.0 Å². The molecule has 0 unspecified atom stereocenters. The van der Waals surface area contributed by atoms with Gasteiger partial charge in [0.05, 0.1) is 0 Å². The van der Waals surface area contributed by atoms with Crippen LogP contribution in [-0.2, 0) is 0 Å². The van der Waals surface area contributed by atoms with Gasteiger partial charge in [0.15, 0.2) is 0 Å². The third-order valence-electron chi connectivity index (χ3n) is 2.20. The molecule has 2 nitrogen and oxygen atoms in total. The molecule has 0 fully saturated rings. The van der Waals surface area contributed by atoms with Crippen LogP contribution in [0.2, 0.25) is 29.9 Å². The molecule has 0 atom stereocenters. The zero-order valence-corrected chi connectivity index (χ0v) is 15.2. The Labute approximate surface area is 142 Å². The van der Waals surface area contributed by atoms with Gasteiger partial charge in [0.2, 0.25) is 0 Å². The summed E-state index contributed by atoms with van der Waals surface area (Å²) in [5.74, 6) is 5.54. The first-order chi connectivity index (χ1) is 10.3. The summed E-state index contributed by atoms with van der Waals surface area (Å²) in [6, 6.07) is 7.06. The van der Waals surface area contributed by atoms with Crippen molar-refractivity contribution in [3.8, 4) is 23.8 Å². The largest absolute Gasteiger partial charge is 0.243 e. The van der Waals surface area contributed by atoms with Gasteiger partial charge in [-0.15, -0.1) is 12.0 Å². The van der Waals surface area contributed by atoms with Crippen molar-refractivity contribution in [3.05, 3.63) is 58.1 Å². The first-order valence-corrected chi connectivity index (χ1v) is 10.8. The minimum Gasteiger partial charge on any atom is -0.243 e. The number of hydrogen-bond donors (Lipinski definition) is 0. The van der Waals surface area contributed by atoms with Gasteiger partial charge in [-0.1, -0.05) is 54.7 Å². The van der Waals surface area contributed by atoms with Crippen molar-refractivity contribution in [2.24, 2.45) is 0 Å². The van der Waals surface area contributed by atoms with Crippen molar-refractivity contribution in [2.75, 3.05) is 0 Å². The van der Waals surface area contributed by atoms with Gasteiger partial charge in [0, 0.05) is 23.5 Å². The topological polar surface area (TPSA) is 25.8 Å². The zero-order chi connectivity index (χ0) is 16.6. The number of halogens is 2. The number of aromatic nitrogens is 2. The fraction of sp³-hybridized carbons (Fsp3) is 0.176. The lowest BCUT2D eigenvalue weighted by Crippen LogP contribution is -2.16. The summed E-state index contributed by atoms with van der Waals surface area (Å²) in [6.07, 6.45) is 8.33. The van der Waals surface area contributed by atoms with Crippen molar-refractivity contribution in [1.29, 1.82) is 0 Å². The molecule has 0 saturated carbocycles. The normalized spacial score (nSPS) is 9.64. The van der Waals surface area contributed by atoms with Crippen LogP contribution in [0.1, 0.15) is 11.1 Å². The number of pyridine rings is 2. The molecule has 2 rings (SSSR count). The molecule has 0 N–H and O–H groups in total. The lowest BCUT2D eigenvalue weighted by Gasteiger charge is -2.02. The molecular formula is C17H16Cl2N2Si. The van der Waals surface area contributed by atoms with Gasteiger partial charge in [-0.3, -0.25) is 0 Å². The Morgan fingerprint density at radius 1 is 0.909 bits per heavy atom. The summed E-state index contributed by atoms with van der Waals surface area (Å²) >= 11 is 11.1. The van der Waals surface area contributed by atoms with Crippen LogP contribution < -0.4 is 0 Å². The van der Waals surface area contributed by atoms with Gasteiger partial charge in [0.25, 0.3) is 0 Å². The van der Waals surface area contributed by atoms with E-state index < -0.39 is 8.07 Å². The summed E-state index contributed by atoms with van der Waals surface area (Å²) in [6.45, 7) is 6.63. The summed E-state index contributed by atoms with van der Waals surface area (Å²) in [4.78, 5) is 7.73. The van der Waals surface area contributed by atoms with Crippen LogP contribution in [0.15, 0.2) is 36.7 Å². The maximum atomic E-state index is 5.65. The summed E-state index contributed by atoms with van der Waals surface area (Å²) < 4.78 is 0. The lowest BCUT2D eigenvalue weighted by molar-refractivity contribution is 1.31. The van der Waals surface area contributed by atoms with Crippen molar-refractivity contribution < 1.29 is 0 Å². The molecule has 0 aromatic carbocycles. The van der Waals surface area contributed by atoms with E-state index in [9.17, 15) is 0 Å². The van der Waals surface area contributed by atoms with Crippen molar-refractivity contribution in [1.82, 2.24) is 9.97 Å². The molecule has 0 aliphatic carbocycles. The molecule has 0 amide bonds. The van der Waals surface area contributed by atoms with E-state index in [1.807, 2.05) is 6.07 Å². The Kier molecular flexibility index (Phi) is 7.15. The van der Waals surface area contributed by atoms with Crippen molar-refractivity contribution >= 4 is 31.3 Å². The molecule has 0 spiro atoms. The Hall–Kier alpha value is -1.78. The van der Waals surface area contributed by atoms with E-state index in [1.54, 1.807) is 30.6 Å². The first-order valence-electron chi connectivity index (χ1n) is 6.53. The molecule has 2 aromatic rings. The molecule has 2 aromatic heterocycles. The number of rotatable bonds is 0. The van der Waals surface area contributed by atoms with Gasteiger partial charge in [-0.05, 0) is 24.3 Å². The number of nitrogens with zero attached hydrogens (tertiary/aromatic N) is 2. The second kappa shape index (κ2) is 8.61. The van der Waals surface area contributed by atoms with Gasteiger partial charge in [-0.25, -0.2) is 9.97 Å². The average Bonchev–Trinajstić information content (AvgIpc) is 2.47. The van der Waals surface area contributed by atoms with Gasteiger partial charge < -0.3 is 0 Å². The predicted octanol–water partition coefficient (Wildman–Crippen LogP) is 4.68. The maximum Gasteiger partial charge on any atom is 0.129 e. The van der Waals surface area contributed by atoms with Gasteiger partial charge in [0.1, 0.15) is 18.4 Å². The van der Waals surface area contributed by atoms with Gasteiger partial charge >= 0.3 is 0 Å². The molecule has 0 radical (unpaired) electrons. The lowest BCUT2D eigenvalue weighted by atomic mass is 10.3. The van der Waals surface area contributed by atoms with Crippen molar-refractivity contribution in [2.45, 2.75) is 19.6 Å². The molecule has 2 heterocycles. The quantitative estimate of drug-likeness (QED) is 0.393. The molecule has 5 heteroatoms. The van der Waals surface area contributed by atoms with E-state index >= 15 is 0 Å². The standard InChI is InChI=1S/C10H12ClNSi.C7H4ClN/c1-13(2,3)7-6-9-4-5-10(11)12-8-9;1-2-6-3-4-7(8)9-5-6/h4-5,8H,1-3H3;1,3-5H. The Balaban J connectivity index is 0.000000235. The van der Waals surface area contributed by atoms with Crippen LogP contribution in [0.4, 0.5) is 0 Å². The highest BCUT2D eigenvalue weighted by Gasteiger charge is 2.07. The van der Waals surface area contributed by atoms with Crippen LogP contribution in [0, 0.1) is 23.8 Å². The number of hydrogen-bond acceptors (Lipinski definition) is 2. The molecule has 112 valence electrons. The summed E-state index contributed by atoms with van der Waals surface area (Å²) in [7, 11) is -1.28. The maximum absolute atomic E-state index is 5.65. The smallest absolute Gasteiger partial charge is 0.129 e. The Morgan fingerprint density at radius 3 is 1.77 bits per heavy atom. The third kappa shape index (κ3) is 7.86. The van der Waals surface area contributed by atoms with Crippen molar-refractivity contribution in [3.63, 3.8) is 0 Å². The molecule has 0 aliphatic rings. The van der Waals surface area contributed by atoms with Gasteiger partial charge in [-0.2, -0.15) is 0 Å². The highest BCUT2D eigenvalue weighted by Crippen LogP contribution is 2.05. The SMILES string of the molecule is C#Cc1ccc(Cl)nc1.C[Si](C)(C)C#Cc1ccc(Cl)nc1. The Bertz CT molecular complexity index is 700. The zero-order valence-electron chi connectivity index (χ0n) is 12.7. The molecule has 22 heavy (non-hydrogen) atoms. The third-order valence-corrected chi connectivity index (χ3v) is 3.53. The fourth-order valence-corrected chi connectivity index (χ4v) is 1.91. The second-order valence-electron chi connectivity index (χ2n) is 5.38. The summed E-state index contributed by atoms with van der Waals surface area (Å²) in [5.41, 5.74) is 4.95. The first kappa shape index (κ1) is 18.3. The Morgan fingerprint density at radius 2 is 1.41 bits per heavy atom. The van der Waals surface area contributed by atoms with Crippen LogP contribution in [0.5, 0.6) is 0 Å². The monoisotopic (exact) mass is 346 g/mol. The molecular weight excluding hydrogens is 331 g/mol. The average molecular weight is 347 g/mol. The van der Waals surface area contributed by atoms with E-state index in [1.165, 1.54) is 0 Å². The van der Waals surface area contributed by atoms with Crippen LogP contribution in [0.3, 0.4) is 0 Å². The minimum atomic E-state index is -1.28. The summed E-state index contributed by atoms with van der Waals surface area (Å²) in [5, 5.41) is 0.979. The molecule has 0 saturated heterocycles. The van der Waals surface area contributed by atoms with E-state index in [0.717, 1.165) is 11.1 Å². The van der Waals surface area contributed by atoms with Crippen LogP contribution >= 0.6 is 23.2 Å². The predicted molar refractivity (Wildman–Crippen MR) is 96.7 cm³/mol. The second-order valence-corrected chi connectivity index (χ2v) is 10.9.